The summed E-state index contributed by atoms with van der Waals surface area (Å²) in [6.07, 6.45) is 0.804. The maximum absolute atomic E-state index is 10.2. The first-order valence-electron chi connectivity index (χ1n) is 10.6. The molecule has 2 heterocycles. The van der Waals surface area contributed by atoms with Gasteiger partial charge in [-0.25, -0.2) is 4.98 Å². The van der Waals surface area contributed by atoms with Crippen LogP contribution in [0.5, 0.6) is 5.75 Å². The van der Waals surface area contributed by atoms with Crippen LogP contribution in [0, 0.1) is 0 Å². The van der Waals surface area contributed by atoms with E-state index in [-0.39, 0.29) is 5.75 Å². The van der Waals surface area contributed by atoms with Gasteiger partial charge in [0.2, 0.25) is 0 Å². The molecular weight excluding hydrogens is 392 g/mol. The van der Waals surface area contributed by atoms with Gasteiger partial charge in [-0.1, -0.05) is 72.8 Å². The molecule has 154 valence electrons. The van der Waals surface area contributed by atoms with E-state index in [1.54, 1.807) is 6.07 Å². The molecule has 0 aliphatic heterocycles. The number of hydrogen-bond acceptors (Lipinski definition) is 3. The molecule has 5 aromatic rings. The van der Waals surface area contributed by atoms with Crippen LogP contribution in [0.3, 0.4) is 0 Å². The Hall–Kier alpha value is -4.24. The third-order valence-corrected chi connectivity index (χ3v) is 5.42. The number of hydrogen-bond donors (Lipinski definition) is 1. The summed E-state index contributed by atoms with van der Waals surface area (Å²) in [6, 6.07) is 38.0. The van der Waals surface area contributed by atoms with E-state index in [9.17, 15) is 5.11 Å². The van der Waals surface area contributed by atoms with Crippen molar-refractivity contribution in [1.29, 1.82) is 0 Å². The number of phenols is 1. The highest BCUT2D eigenvalue weighted by molar-refractivity contribution is 5.73. The summed E-state index contributed by atoms with van der Waals surface area (Å²) in [5.41, 5.74) is 7.61. The Labute approximate surface area is 187 Å². The average molecular weight is 415 g/mol. The second-order valence-electron chi connectivity index (χ2n) is 7.68. The van der Waals surface area contributed by atoms with E-state index in [4.69, 9.17) is 9.97 Å². The van der Waals surface area contributed by atoms with Gasteiger partial charge in [0.05, 0.1) is 17.1 Å². The van der Waals surface area contributed by atoms with Gasteiger partial charge in [0.25, 0.3) is 0 Å². The maximum Gasteiger partial charge on any atom is 0.124 e. The lowest BCUT2D eigenvalue weighted by molar-refractivity contribution is 0.477. The van der Waals surface area contributed by atoms with E-state index in [0.717, 1.165) is 45.9 Å². The first kappa shape index (κ1) is 19.7. The largest absolute Gasteiger partial charge is 0.507 e. The minimum absolute atomic E-state index is 0.227. The molecule has 0 atom stereocenters. The number of benzene rings is 3. The molecule has 0 bridgehead atoms. The van der Waals surface area contributed by atoms with Gasteiger partial charge in [-0.05, 0) is 48.0 Å². The van der Waals surface area contributed by atoms with Crippen molar-refractivity contribution >= 4 is 0 Å². The van der Waals surface area contributed by atoms with E-state index >= 15 is 0 Å². The van der Waals surface area contributed by atoms with Crippen LogP contribution in [-0.4, -0.2) is 15.1 Å². The van der Waals surface area contributed by atoms with Crippen LogP contribution in [-0.2, 0) is 6.42 Å². The van der Waals surface area contributed by atoms with Crippen molar-refractivity contribution in [3.63, 3.8) is 0 Å². The van der Waals surface area contributed by atoms with Crippen molar-refractivity contribution in [3.8, 4) is 39.5 Å². The monoisotopic (exact) mass is 414 g/mol. The molecule has 0 aliphatic carbocycles. The fraction of sp³-hybridized carbons (Fsp3) is 0.0345. The van der Waals surface area contributed by atoms with E-state index in [0.29, 0.717) is 0 Å². The van der Waals surface area contributed by atoms with Crippen LogP contribution in [0.2, 0.25) is 0 Å². The molecule has 0 aliphatic rings. The molecule has 0 saturated heterocycles. The van der Waals surface area contributed by atoms with Gasteiger partial charge in [0.15, 0.2) is 0 Å². The third-order valence-electron chi connectivity index (χ3n) is 5.42. The van der Waals surface area contributed by atoms with Crippen molar-refractivity contribution in [2.75, 3.05) is 0 Å². The average Bonchev–Trinajstić information content (AvgIpc) is 2.85. The van der Waals surface area contributed by atoms with Crippen LogP contribution in [0.4, 0.5) is 0 Å². The number of aromatic nitrogens is 2. The Morgan fingerprint density at radius 1 is 0.531 bits per heavy atom. The van der Waals surface area contributed by atoms with Gasteiger partial charge in [0.1, 0.15) is 5.75 Å². The van der Waals surface area contributed by atoms with Crippen molar-refractivity contribution in [2.45, 2.75) is 6.42 Å². The van der Waals surface area contributed by atoms with Gasteiger partial charge < -0.3 is 5.11 Å². The minimum Gasteiger partial charge on any atom is -0.507 e. The molecule has 0 amide bonds. The zero-order valence-corrected chi connectivity index (χ0v) is 17.5. The Balaban J connectivity index is 1.47. The topological polar surface area (TPSA) is 46.0 Å². The maximum atomic E-state index is 10.2. The Morgan fingerprint density at radius 2 is 1.16 bits per heavy atom. The predicted octanol–water partition coefficient (Wildman–Crippen LogP) is 6.77. The predicted molar refractivity (Wildman–Crippen MR) is 129 cm³/mol. The molecule has 0 fully saturated rings. The summed E-state index contributed by atoms with van der Waals surface area (Å²) in [5.74, 6) is 0.227. The molecule has 0 spiro atoms. The van der Waals surface area contributed by atoms with Crippen molar-refractivity contribution in [2.24, 2.45) is 0 Å². The van der Waals surface area contributed by atoms with Gasteiger partial charge in [-0.15, -0.1) is 0 Å². The normalized spacial score (nSPS) is 10.8. The third kappa shape index (κ3) is 4.28. The second kappa shape index (κ2) is 8.86. The fourth-order valence-corrected chi connectivity index (χ4v) is 3.82. The molecule has 3 heteroatoms. The molecule has 0 saturated carbocycles. The molecular formula is C29H22N2O. The zero-order valence-electron chi connectivity index (χ0n) is 17.5. The van der Waals surface area contributed by atoms with Crippen LogP contribution in [0.15, 0.2) is 115 Å². The van der Waals surface area contributed by atoms with Crippen molar-refractivity contribution in [3.05, 3.63) is 127 Å². The molecule has 32 heavy (non-hydrogen) atoms. The molecule has 3 aromatic carbocycles. The summed E-state index contributed by atoms with van der Waals surface area (Å²) < 4.78 is 0. The first-order chi connectivity index (χ1) is 15.8. The van der Waals surface area contributed by atoms with Gasteiger partial charge in [-0.3, -0.25) is 4.98 Å². The highest BCUT2D eigenvalue weighted by Crippen LogP contribution is 2.30. The Bertz CT molecular complexity index is 1360. The van der Waals surface area contributed by atoms with E-state index in [1.807, 2.05) is 60.7 Å². The molecule has 1 N–H and O–H groups in total. The lowest BCUT2D eigenvalue weighted by Gasteiger charge is -2.09. The summed E-state index contributed by atoms with van der Waals surface area (Å²) in [7, 11) is 0. The Kier molecular flexibility index (Phi) is 5.46. The van der Waals surface area contributed by atoms with Gasteiger partial charge in [-0.2, -0.15) is 0 Å². The number of aromatic hydroxyl groups is 1. The SMILES string of the molecule is Oc1ccccc1-c1cccc(-c2cccc(-c3cccc(Cc4ccccc4)n3)c2)n1. The van der Waals surface area contributed by atoms with Gasteiger partial charge >= 0.3 is 0 Å². The number of nitrogens with zero attached hydrogens (tertiary/aromatic N) is 2. The summed E-state index contributed by atoms with van der Waals surface area (Å²) >= 11 is 0. The lowest BCUT2D eigenvalue weighted by Crippen LogP contribution is -1.94. The first-order valence-corrected chi connectivity index (χ1v) is 10.6. The molecule has 2 aromatic heterocycles. The van der Waals surface area contributed by atoms with E-state index < -0.39 is 0 Å². The second-order valence-corrected chi connectivity index (χ2v) is 7.68. The number of phenolic OH excluding ortho intramolecular Hbond substituents is 1. The summed E-state index contributed by atoms with van der Waals surface area (Å²) in [6.45, 7) is 0. The van der Waals surface area contributed by atoms with Crippen LogP contribution in [0.1, 0.15) is 11.3 Å². The Morgan fingerprint density at radius 3 is 1.94 bits per heavy atom. The van der Waals surface area contributed by atoms with Crippen LogP contribution < -0.4 is 0 Å². The van der Waals surface area contributed by atoms with E-state index in [2.05, 4.69) is 48.5 Å². The lowest BCUT2D eigenvalue weighted by atomic mass is 10.0. The fourth-order valence-electron chi connectivity index (χ4n) is 3.82. The number of para-hydroxylation sites is 1. The van der Waals surface area contributed by atoms with Crippen LogP contribution >= 0.6 is 0 Å². The highest BCUT2D eigenvalue weighted by atomic mass is 16.3. The highest BCUT2D eigenvalue weighted by Gasteiger charge is 2.09. The standard InChI is InChI=1S/C29H22N2O/c32-29-18-5-4-14-25(29)28-17-8-16-27(31-28)23-12-6-11-22(20-23)26-15-7-13-24(30-26)19-21-9-2-1-3-10-21/h1-18,20,32H,19H2. The summed E-state index contributed by atoms with van der Waals surface area (Å²) in [4.78, 5) is 9.70. The van der Waals surface area contributed by atoms with Crippen molar-refractivity contribution in [1.82, 2.24) is 9.97 Å². The molecule has 5 rings (SSSR count). The van der Waals surface area contributed by atoms with Gasteiger partial charge in [0, 0.05) is 28.8 Å². The summed E-state index contributed by atoms with van der Waals surface area (Å²) in [5, 5.41) is 10.2. The van der Waals surface area contributed by atoms with E-state index in [1.165, 1.54) is 5.56 Å². The van der Waals surface area contributed by atoms with Crippen LogP contribution in [0.25, 0.3) is 33.8 Å². The molecule has 0 unspecified atom stereocenters. The molecule has 0 radical (unpaired) electrons. The number of rotatable bonds is 5. The smallest absolute Gasteiger partial charge is 0.124 e. The zero-order chi connectivity index (χ0) is 21.8. The molecule has 3 nitrogen and oxygen atoms in total. The van der Waals surface area contributed by atoms with Crippen molar-refractivity contribution < 1.29 is 5.11 Å². The minimum atomic E-state index is 0.227. The number of pyridine rings is 2. The quantitative estimate of drug-likeness (QED) is 0.345.